The summed E-state index contributed by atoms with van der Waals surface area (Å²) in [6.45, 7) is 4.18. The van der Waals surface area contributed by atoms with Gasteiger partial charge in [-0.2, -0.15) is 0 Å². The van der Waals surface area contributed by atoms with Crippen molar-refractivity contribution in [3.63, 3.8) is 0 Å². The maximum atomic E-state index is 12.5. The van der Waals surface area contributed by atoms with Gasteiger partial charge in [0.2, 0.25) is 11.8 Å². The Kier molecular flexibility index (Phi) is 5.56. The zero-order chi connectivity index (χ0) is 20.0. The van der Waals surface area contributed by atoms with Crippen molar-refractivity contribution >= 4 is 29.5 Å². The lowest BCUT2D eigenvalue weighted by molar-refractivity contribution is -0.138. The molecule has 3 rings (SSSR count). The SMILES string of the molecule is C[C@@H](O)C1CC(=O)N2C(C(=O)O)=C(S[C@@H]3CN[C@H](C(=O)N(C)C)C3)[C@H](C)[C@H]12. The van der Waals surface area contributed by atoms with Crippen molar-refractivity contribution < 1.29 is 24.6 Å². The largest absolute Gasteiger partial charge is 0.477 e. The van der Waals surface area contributed by atoms with Gasteiger partial charge in [0, 0.05) is 49.1 Å². The molecule has 3 N–H and O–H groups in total. The number of nitrogens with one attached hydrogen (secondary N) is 1. The summed E-state index contributed by atoms with van der Waals surface area (Å²) in [4.78, 5) is 40.2. The molecule has 2 amide bonds. The van der Waals surface area contributed by atoms with E-state index in [2.05, 4.69) is 5.32 Å². The van der Waals surface area contributed by atoms with Crippen LogP contribution in [0, 0.1) is 11.8 Å². The fourth-order valence-corrected chi connectivity index (χ4v) is 5.91. The molecule has 1 unspecified atom stereocenters. The predicted molar refractivity (Wildman–Crippen MR) is 101 cm³/mol. The molecule has 3 aliphatic heterocycles. The first-order valence-electron chi connectivity index (χ1n) is 9.22. The first-order chi connectivity index (χ1) is 12.6. The second-order valence-electron chi connectivity index (χ2n) is 7.84. The lowest BCUT2D eigenvalue weighted by Gasteiger charge is -2.27. The second-order valence-corrected chi connectivity index (χ2v) is 9.18. The van der Waals surface area contributed by atoms with Crippen molar-refractivity contribution in [1.82, 2.24) is 15.1 Å². The van der Waals surface area contributed by atoms with Gasteiger partial charge in [0.25, 0.3) is 0 Å². The Balaban J connectivity index is 1.82. The van der Waals surface area contributed by atoms with E-state index in [0.29, 0.717) is 17.9 Å². The van der Waals surface area contributed by atoms with Crippen molar-refractivity contribution in [2.45, 2.75) is 50.1 Å². The number of thioether (sulfide) groups is 1. The van der Waals surface area contributed by atoms with E-state index < -0.39 is 12.1 Å². The number of aliphatic carboxylic acids is 1. The molecular formula is C18H27N3O5S. The summed E-state index contributed by atoms with van der Waals surface area (Å²) in [5, 5.41) is 23.1. The summed E-state index contributed by atoms with van der Waals surface area (Å²) in [7, 11) is 3.43. The van der Waals surface area contributed by atoms with Crippen molar-refractivity contribution in [3.8, 4) is 0 Å². The van der Waals surface area contributed by atoms with Gasteiger partial charge in [-0.05, 0) is 13.3 Å². The Morgan fingerprint density at radius 1 is 1.37 bits per heavy atom. The summed E-state index contributed by atoms with van der Waals surface area (Å²) < 4.78 is 0. The number of hydrogen-bond acceptors (Lipinski definition) is 6. The van der Waals surface area contributed by atoms with E-state index in [4.69, 9.17) is 0 Å². The first-order valence-corrected chi connectivity index (χ1v) is 10.1. The molecule has 3 aliphatic rings. The van der Waals surface area contributed by atoms with E-state index in [0.717, 1.165) is 0 Å². The van der Waals surface area contributed by atoms with E-state index in [1.165, 1.54) is 16.7 Å². The van der Waals surface area contributed by atoms with Crippen LogP contribution in [-0.4, -0.2) is 81.9 Å². The molecule has 0 aromatic heterocycles. The minimum absolute atomic E-state index is 0.00924. The normalized spacial score (nSPS) is 34.2. The molecule has 0 aromatic rings. The third kappa shape index (κ3) is 3.48. The Hall–Kier alpha value is -1.58. The van der Waals surface area contributed by atoms with Gasteiger partial charge in [0.05, 0.1) is 18.2 Å². The number of hydrogen-bond donors (Lipinski definition) is 3. The molecule has 0 aromatic carbocycles. The number of carbonyl (C=O) groups excluding carboxylic acids is 2. The fraction of sp³-hybridized carbons (Fsp3) is 0.722. The van der Waals surface area contributed by atoms with Crippen LogP contribution < -0.4 is 5.32 Å². The minimum atomic E-state index is -1.11. The Labute approximate surface area is 163 Å². The van der Waals surface area contributed by atoms with Crippen LogP contribution >= 0.6 is 11.8 Å². The molecule has 0 aliphatic carbocycles. The molecule has 6 atom stereocenters. The van der Waals surface area contributed by atoms with Gasteiger partial charge in [-0.3, -0.25) is 9.59 Å². The number of carbonyl (C=O) groups is 3. The number of rotatable bonds is 5. The fourth-order valence-electron chi connectivity index (χ4n) is 4.44. The zero-order valence-corrected chi connectivity index (χ0v) is 16.8. The molecular weight excluding hydrogens is 370 g/mol. The topological polar surface area (TPSA) is 110 Å². The highest BCUT2D eigenvalue weighted by Crippen LogP contribution is 2.50. The van der Waals surface area contributed by atoms with Crippen LogP contribution in [0.25, 0.3) is 0 Å². The van der Waals surface area contributed by atoms with Crippen LogP contribution in [0.5, 0.6) is 0 Å². The molecule has 27 heavy (non-hydrogen) atoms. The maximum absolute atomic E-state index is 12.5. The van der Waals surface area contributed by atoms with Crippen LogP contribution in [0.2, 0.25) is 0 Å². The quantitative estimate of drug-likeness (QED) is 0.603. The Bertz CT molecular complexity index is 692. The molecule has 0 bridgehead atoms. The summed E-state index contributed by atoms with van der Waals surface area (Å²) in [5.74, 6) is -1.77. The Morgan fingerprint density at radius 3 is 2.59 bits per heavy atom. The molecule has 150 valence electrons. The van der Waals surface area contributed by atoms with Gasteiger partial charge in [-0.1, -0.05) is 6.92 Å². The average Bonchev–Trinajstić information content (AvgIpc) is 3.24. The van der Waals surface area contributed by atoms with Crippen molar-refractivity contribution in [2.24, 2.45) is 11.8 Å². The van der Waals surface area contributed by atoms with Gasteiger partial charge in [0.1, 0.15) is 5.70 Å². The molecule has 3 heterocycles. The van der Waals surface area contributed by atoms with Gasteiger partial charge in [-0.15, -0.1) is 11.8 Å². The molecule has 8 nitrogen and oxygen atoms in total. The number of carboxylic acids is 1. The highest BCUT2D eigenvalue weighted by molar-refractivity contribution is 8.03. The van der Waals surface area contributed by atoms with Gasteiger partial charge < -0.3 is 25.3 Å². The minimum Gasteiger partial charge on any atom is -0.477 e. The smallest absolute Gasteiger partial charge is 0.353 e. The van der Waals surface area contributed by atoms with Crippen LogP contribution in [-0.2, 0) is 14.4 Å². The predicted octanol–water partition coefficient (Wildman–Crippen LogP) is 0.0821. The summed E-state index contributed by atoms with van der Waals surface area (Å²) >= 11 is 1.45. The Morgan fingerprint density at radius 2 is 2.04 bits per heavy atom. The molecule has 2 saturated heterocycles. The van der Waals surface area contributed by atoms with Crippen molar-refractivity contribution in [2.75, 3.05) is 20.6 Å². The van der Waals surface area contributed by atoms with Crippen molar-refractivity contribution in [3.05, 3.63) is 10.6 Å². The van der Waals surface area contributed by atoms with E-state index in [1.54, 1.807) is 25.9 Å². The van der Waals surface area contributed by atoms with E-state index in [1.807, 2.05) is 6.92 Å². The summed E-state index contributed by atoms with van der Waals surface area (Å²) in [6, 6.07) is -0.589. The molecule has 9 heteroatoms. The number of likely N-dealkylation sites (N-methyl/N-ethyl adjacent to an activating group) is 1. The van der Waals surface area contributed by atoms with E-state index >= 15 is 0 Å². The van der Waals surface area contributed by atoms with Gasteiger partial charge in [0.15, 0.2) is 0 Å². The third-order valence-corrected chi connectivity index (χ3v) is 7.27. The van der Waals surface area contributed by atoms with Crippen LogP contribution in [0.15, 0.2) is 10.6 Å². The lowest BCUT2D eigenvalue weighted by Crippen LogP contribution is -2.39. The molecule has 0 saturated carbocycles. The van der Waals surface area contributed by atoms with Crippen molar-refractivity contribution in [1.29, 1.82) is 0 Å². The first kappa shape index (κ1) is 20.2. The zero-order valence-electron chi connectivity index (χ0n) is 16.0. The van der Waals surface area contributed by atoms with E-state index in [9.17, 15) is 24.6 Å². The monoisotopic (exact) mass is 397 g/mol. The summed E-state index contributed by atoms with van der Waals surface area (Å²) in [6.07, 6.45) is 0.107. The summed E-state index contributed by atoms with van der Waals surface area (Å²) in [5.41, 5.74) is 0.0491. The third-order valence-electron chi connectivity index (χ3n) is 5.76. The molecule has 0 radical (unpaired) electrons. The number of carboxylic acid groups (broad SMARTS) is 1. The van der Waals surface area contributed by atoms with Crippen LogP contribution in [0.4, 0.5) is 0 Å². The number of amides is 2. The number of aliphatic hydroxyl groups is 1. The standard InChI is InChI=1S/C18H27N3O5S/c1-8-14-11(9(2)22)6-13(23)21(14)15(18(25)26)16(8)27-10-5-12(19-7-10)17(24)20(3)4/h8-12,14,19,22H,5-7H2,1-4H3,(H,25,26)/t8-,9-,10+,11?,12+,14-/m1/s1. The highest BCUT2D eigenvalue weighted by Gasteiger charge is 2.54. The number of fused-ring (bicyclic) bond motifs is 1. The van der Waals surface area contributed by atoms with Gasteiger partial charge >= 0.3 is 5.97 Å². The van der Waals surface area contributed by atoms with Gasteiger partial charge in [-0.25, -0.2) is 4.79 Å². The maximum Gasteiger partial charge on any atom is 0.353 e. The van der Waals surface area contributed by atoms with Crippen LogP contribution in [0.1, 0.15) is 26.7 Å². The van der Waals surface area contributed by atoms with Crippen LogP contribution in [0.3, 0.4) is 0 Å². The highest BCUT2D eigenvalue weighted by atomic mass is 32.2. The van der Waals surface area contributed by atoms with E-state index in [-0.39, 0.29) is 53.1 Å². The molecule has 0 spiro atoms. The molecule has 2 fully saturated rings. The number of aliphatic hydroxyl groups excluding tert-OH is 1. The lowest BCUT2D eigenvalue weighted by atomic mass is 9.88. The number of nitrogens with zero attached hydrogens (tertiary/aromatic N) is 2. The second kappa shape index (κ2) is 7.44. The average molecular weight is 397 g/mol.